The van der Waals surface area contributed by atoms with Crippen LogP contribution >= 0.6 is 11.8 Å². The van der Waals surface area contributed by atoms with Crippen LogP contribution in [0.4, 0.5) is 0 Å². The second-order valence-electron chi connectivity index (χ2n) is 7.16. The minimum Gasteiger partial charge on any atom is -0.423 e. The number of amides is 1. The van der Waals surface area contributed by atoms with Gasteiger partial charge in [0.15, 0.2) is 0 Å². The third kappa shape index (κ3) is 6.08. The first-order valence-corrected chi connectivity index (χ1v) is 11.2. The highest BCUT2D eigenvalue weighted by Crippen LogP contribution is 2.25. The number of esters is 1. The summed E-state index contributed by atoms with van der Waals surface area (Å²) in [5.41, 5.74) is 2.49. The number of aromatic nitrogens is 2. The van der Waals surface area contributed by atoms with Gasteiger partial charge in [-0.25, -0.2) is 9.78 Å². The highest BCUT2D eigenvalue weighted by atomic mass is 32.2. The van der Waals surface area contributed by atoms with Gasteiger partial charge in [0, 0.05) is 30.1 Å². The van der Waals surface area contributed by atoms with Crippen LogP contribution in [0.5, 0.6) is 5.75 Å². The van der Waals surface area contributed by atoms with Crippen LogP contribution in [0.3, 0.4) is 0 Å². The molecule has 1 amide bonds. The Morgan fingerprint density at radius 3 is 2.67 bits per heavy atom. The Labute approximate surface area is 195 Å². The highest BCUT2D eigenvalue weighted by molar-refractivity contribution is 7.98. The van der Waals surface area contributed by atoms with Crippen molar-refractivity contribution in [2.75, 3.05) is 0 Å². The summed E-state index contributed by atoms with van der Waals surface area (Å²) in [6.45, 7) is 2.23. The molecule has 2 aromatic heterocycles. The molecule has 7 nitrogen and oxygen atoms in total. The molecule has 0 radical (unpaired) electrons. The van der Waals surface area contributed by atoms with E-state index >= 15 is 0 Å². The largest absolute Gasteiger partial charge is 0.423 e. The molecule has 1 N–H and O–H groups in total. The van der Waals surface area contributed by atoms with E-state index in [0.717, 1.165) is 17.0 Å². The van der Waals surface area contributed by atoms with Gasteiger partial charge in [0.25, 0.3) is 5.91 Å². The van der Waals surface area contributed by atoms with Crippen LogP contribution in [-0.4, -0.2) is 22.0 Å². The molecular formula is C25H21N3O4S. The van der Waals surface area contributed by atoms with Crippen molar-refractivity contribution < 1.29 is 18.8 Å². The third-order valence-corrected chi connectivity index (χ3v) is 5.67. The molecule has 166 valence electrons. The number of pyridine rings is 1. The Morgan fingerprint density at radius 1 is 1.03 bits per heavy atom. The normalized spacial score (nSPS) is 10.6. The molecule has 0 bridgehead atoms. The highest BCUT2D eigenvalue weighted by Gasteiger charge is 2.17. The molecule has 4 rings (SSSR count). The second kappa shape index (κ2) is 10.6. The predicted octanol–water partition coefficient (Wildman–Crippen LogP) is 4.82. The van der Waals surface area contributed by atoms with E-state index in [1.165, 1.54) is 11.8 Å². The van der Waals surface area contributed by atoms with E-state index in [1.54, 1.807) is 42.6 Å². The lowest BCUT2D eigenvalue weighted by Gasteiger charge is -2.09. The van der Waals surface area contributed by atoms with Crippen molar-refractivity contribution in [1.29, 1.82) is 0 Å². The van der Waals surface area contributed by atoms with Crippen molar-refractivity contribution in [2.45, 2.75) is 24.2 Å². The number of hydrogen-bond donors (Lipinski definition) is 1. The fourth-order valence-corrected chi connectivity index (χ4v) is 3.90. The van der Waals surface area contributed by atoms with Crippen LogP contribution in [0.2, 0.25) is 0 Å². The first-order valence-electron chi connectivity index (χ1n) is 10.2. The van der Waals surface area contributed by atoms with Gasteiger partial charge in [-0.3, -0.25) is 4.79 Å². The summed E-state index contributed by atoms with van der Waals surface area (Å²) >= 11 is 1.37. The maximum absolute atomic E-state index is 12.8. The summed E-state index contributed by atoms with van der Waals surface area (Å²) in [4.78, 5) is 29.7. The van der Waals surface area contributed by atoms with Crippen LogP contribution in [0.25, 0.3) is 0 Å². The summed E-state index contributed by atoms with van der Waals surface area (Å²) < 4.78 is 10.6. The van der Waals surface area contributed by atoms with Crippen LogP contribution in [0.1, 0.15) is 37.7 Å². The van der Waals surface area contributed by atoms with E-state index in [9.17, 15) is 9.59 Å². The Balaban J connectivity index is 1.41. The van der Waals surface area contributed by atoms with Gasteiger partial charge >= 0.3 is 5.97 Å². The predicted molar refractivity (Wildman–Crippen MR) is 124 cm³/mol. The fraction of sp³-hybridized carbons (Fsp3) is 0.120. The number of benzene rings is 2. The van der Waals surface area contributed by atoms with Gasteiger partial charge in [0.05, 0.1) is 11.3 Å². The molecule has 0 aliphatic carbocycles. The van der Waals surface area contributed by atoms with Crippen molar-refractivity contribution in [3.63, 3.8) is 0 Å². The van der Waals surface area contributed by atoms with E-state index in [4.69, 9.17) is 9.26 Å². The fourth-order valence-electron chi connectivity index (χ4n) is 3.03. The Hall–Kier alpha value is -3.91. The van der Waals surface area contributed by atoms with Gasteiger partial charge in [-0.05, 0) is 42.8 Å². The Morgan fingerprint density at radius 2 is 1.88 bits per heavy atom. The minimum absolute atomic E-state index is 0.253. The van der Waals surface area contributed by atoms with Gasteiger partial charge < -0.3 is 14.6 Å². The number of nitrogens with one attached hydrogen (secondary N) is 1. The second-order valence-corrected chi connectivity index (χ2v) is 8.12. The number of nitrogens with zero attached hydrogens (tertiary/aromatic N) is 2. The summed E-state index contributed by atoms with van der Waals surface area (Å²) in [5.74, 6) is 0.699. The Bertz CT molecular complexity index is 1260. The molecule has 8 heteroatoms. The topological polar surface area (TPSA) is 94.3 Å². The Kier molecular flexibility index (Phi) is 7.16. The van der Waals surface area contributed by atoms with Gasteiger partial charge in [0.1, 0.15) is 16.5 Å². The average Bonchev–Trinajstić information content (AvgIpc) is 3.27. The zero-order valence-electron chi connectivity index (χ0n) is 17.9. The molecule has 4 aromatic rings. The van der Waals surface area contributed by atoms with Crippen LogP contribution < -0.4 is 10.1 Å². The first kappa shape index (κ1) is 22.3. The number of thioether (sulfide) groups is 1. The lowest BCUT2D eigenvalue weighted by Crippen LogP contribution is -2.22. The summed E-state index contributed by atoms with van der Waals surface area (Å²) in [6.07, 6.45) is 1.62. The van der Waals surface area contributed by atoms with Gasteiger partial charge in [-0.15, -0.1) is 0 Å². The molecule has 0 spiro atoms. The summed E-state index contributed by atoms with van der Waals surface area (Å²) in [5, 5.41) is 7.35. The maximum Gasteiger partial charge on any atom is 0.346 e. The first-order chi connectivity index (χ1) is 16.1. The summed E-state index contributed by atoms with van der Waals surface area (Å²) in [7, 11) is 0. The molecule has 33 heavy (non-hydrogen) atoms. The van der Waals surface area contributed by atoms with E-state index in [2.05, 4.69) is 15.5 Å². The number of rotatable bonds is 8. The quantitative estimate of drug-likeness (QED) is 0.229. The van der Waals surface area contributed by atoms with Crippen LogP contribution in [-0.2, 0) is 12.3 Å². The standard InChI is InChI=1S/C25H21N3O4S/c1-17-13-20(28-32-17)16-33-24-22(11-6-12-26-24)25(30)31-21-10-5-9-19(14-21)23(29)27-15-18-7-3-2-4-8-18/h2-14H,15-16H2,1H3,(H,27,29). The smallest absolute Gasteiger partial charge is 0.346 e. The SMILES string of the molecule is Cc1cc(CSc2ncccc2C(=O)Oc2cccc(C(=O)NCc3ccccc3)c2)no1. The van der Waals surface area contributed by atoms with Crippen LogP contribution in [0.15, 0.2) is 88.5 Å². The summed E-state index contributed by atoms with van der Waals surface area (Å²) in [6, 6.07) is 21.3. The van der Waals surface area contributed by atoms with Crippen LogP contribution in [0, 0.1) is 6.92 Å². The average molecular weight is 460 g/mol. The van der Waals surface area contributed by atoms with E-state index in [0.29, 0.717) is 28.5 Å². The van der Waals surface area contributed by atoms with E-state index in [1.807, 2.05) is 43.3 Å². The minimum atomic E-state index is -0.552. The molecular weight excluding hydrogens is 438 g/mol. The lowest BCUT2D eigenvalue weighted by atomic mass is 10.2. The molecule has 0 unspecified atom stereocenters. The van der Waals surface area contributed by atoms with Gasteiger partial charge in [0.2, 0.25) is 0 Å². The zero-order chi connectivity index (χ0) is 23.0. The number of ether oxygens (including phenoxy) is 1. The van der Waals surface area contributed by atoms with Crippen molar-refractivity contribution in [3.05, 3.63) is 107 Å². The van der Waals surface area contributed by atoms with Gasteiger partial charge in [-0.1, -0.05) is 53.3 Å². The molecule has 2 heterocycles. The molecule has 0 aliphatic rings. The zero-order valence-corrected chi connectivity index (χ0v) is 18.7. The van der Waals surface area contributed by atoms with Crippen molar-refractivity contribution in [3.8, 4) is 5.75 Å². The van der Waals surface area contributed by atoms with E-state index in [-0.39, 0.29) is 11.7 Å². The van der Waals surface area contributed by atoms with Crippen molar-refractivity contribution in [2.24, 2.45) is 0 Å². The molecule has 0 atom stereocenters. The number of carbonyl (C=O) groups excluding carboxylic acids is 2. The monoisotopic (exact) mass is 459 g/mol. The molecule has 0 fully saturated rings. The number of aryl methyl sites for hydroxylation is 1. The van der Waals surface area contributed by atoms with Crippen molar-refractivity contribution in [1.82, 2.24) is 15.5 Å². The molecule has 0 saturated carbocycles. The molecule has 0 aliphatic heterocycles. The third-order valence-electron chi connectivity index (χ3n) is 4.63. The molecule has 0 saturated heterocycles. The lowest BCUT2D eigenvalue weighted by molar-refractivity contribution is 0.0729. The number of hydrogen-bond acceptors (Lipinski definition) is 7. The number of carbonyl (C=O) groups is 2. The maximum atomic E-state index is 12.8. The van der Waals surface area contributed by atoms with E-state index < -0.39 is 5.97 Å². The molecule has 2 aromatic carbocycles. The van der Waals surface area contributed by atoms with Crippen molar-refractivity contribution >= 4 is 23.6 Å². The van der Waals surface area contributed by atoms with Gasteiger partial charge in [-0.2, -0.15) is 0 Å².